The topological polar surface area (TPSA) is 64.0 Å². The highest BCUT2D eigenvalue weighted by molar-refractivity contribution is 5.94. The molecule has 1 heterocycles. The van der Waals surface area contributed by atoms with Gasteiger partial charge in [-0.15, -0.1) is 0 Å². The number of aryl methyl sites for hydroxylation is 3. The summed E-state index contributed by atoms with van der Waals surface area (Å²) in [6.45, 7) is 7.88. The molecule has 1 amide bonds. The van der Waals surface area contributed by atoms with Gasteiger partial charge in [-0.3, -0.25) is 14.2 Å². The van der Waals surface area contributed by atoms with Crippen LogP contribution in [0.2, 0.25) is 0 Å². The van der Waals surface area contributed by atoms with Gasteiger partial charge in [-0.05, 0) is 75.2 Å². The molecule has 1 atom stereocenters. The number of rotatable bonds is 4. The first-order valence-electron chi connectivity index (χ1n) is 10.3. The van der Waals surface area contributed by atoms with Crippen LogP contribution in [0.3, 0.4) is 0 Å². The molecule has 0 spiro atoms. The predicted molar refractivity (Wildman–Crippen MR) is 124 cm³/mol. The first kappa shape index (κ1) is 20.5. The summed E-state index contributed by atoms with van der Waals surface area (Å²) in [4.78, 5) is 30.3. The Morgan fingerprint density at radius 1 is 0.968 bits per heavy atom. The van der Waals surface area contributed by atoms with Crippen LogP contribution in [-0.4, -0.2) is 15.5 Å². The predicted octanol–water partition coefficient (Wildman–Crippen LogP) is 4.80. The summed E-state index contributed by atoms with van der Waals surface area (Å²) in [5.41, 5.74) is 5.19. The van der Waals surface area contributed by atoms with Gasteiger partial charge in [0, 0.05) is 5.56 Å². The molecule has 0 aliphatic rings. The zero-order chi connectivity index (χ0) is 22.1. The van der Waals surface area contributed by atoms with Gasteiger partial charge in [0.2, 0.25) is 0 Å². The zero-order valence-electron chi connectivity index (χ0n) is 18.1. The number of aromatic nitrogens is 2. The lowest BCUT2D eigenvalue weighted by molar-refractivity contribution is 0.0940. The molecule has 156 valence electrons. The van der Waals surface area contributed by atoms with Crippen molar-refractivity contribution < 1.29 is 4.79 Å². The molecule has 4 aromatic rings. The van der Waals surface area contributed by atoms with Crippen molar-refractivity contribution in [1.29, 1.82) is 0 Å². The van der Waals surface area contributed by atoms with Crippen LogP contribution in [0, 0.1) is 20.8 Å². The van der Waals surface area contributed by atoms with E-state index in [9.17, 15) is 9.59 Å². The number of nitrogens with one attached hydrogen (secondary N) is 1. The Morgan fingerprint density at radius 3 is 2.42 bits per heavy atom. The van der Waals surface area contributed by atoms with E-state index in [0.717, 1.165) is 16.7 Å². The summed E-state index contributed by atoms with van der Waals surface area (Å²) in [6, 6.07) is 20.5. The number of para-hydroxylation sites is 1. The fourth-order valence-electron chi connectivity index (χ4n) is 3.89. The van der Waals surface area contributed by atoms with Gasteiger partial charge in [-0.2, -0.15) is 0 Å². The normalized spacial score (nSPS) is 12.0. The molecule has 1 unspecified atom stereocenters. The van der Waals surface area contributed by atoms with E-state index in [4.69, 9.17) is 0 Å². The fraction of sp³-hybridized carbons (Fsp3) is 0.192. The van der Waals surface area contributed by atoms with Gasteiger partial charge in [-0.25, -0.2) is 4.98 Å². The molecule has 1 N–H and O–H groups in total. The number of carbonyl (C=O) groups excluding carboxylic acids is 1. The highest BCUT2D eigenvalue weighted by Gasteiger charge is 2.15. The van der Waals surface area contributed by atoms with Gasteiger partial charge in [0.15, 0.2) is 0 Å². The molecule has 0 aliphatic carbocycles. The van der Waals surface area contributed by atoms with E-state index in [1.54, 1.807) is 41.8 Å². The number of fused-ring (bicyclic) bond motifs is 1. The Hall–Kier alpha value is -3.73. The van der Waals surface area contributed by atoms with Crippen molar-refractivity contribution in [1.82, 2.24) is 14.9 Å². The van der Waals surface area contributed by atoms with E-state index in [1.807, 2.05) is 39.0 Å². The van der Waals surface area contributed by atoms with Crippen molar-refractivity contribution in [2.24, 2.45) is 0 Å². The maximum Gasteiger partial charge on any atom is 0.265 e. The van der Waals surface area contributed by atoms with Crippen LogP contribution in [0.25, 0.3) is 16.6 Å². The van der Waals surface area contributed by atoms with Crippen LogP contribution in [0.5, 0.6) is 0 Å². The Morgan fingerprint density at radius 2 is 1.68 bits per heavy atom. The highest BCUT2D eigenvalue weighted by Crippen LogP contribution is 2.20. The van der Waals surface area contributed by atoms with Crippen LogP contribution in [0.15, 0.2) is 71.5 Å². The minimum Gasteiger partial charge on any atom is -0.346 e. The van der Waals surface area contributed by atoms with Gasteiger partial charge in [0.1, 0.15) is 5.82 Å². The van der Waals surface area contributed by atoms with Gasteiger partial charge < -0.3 is 5.32 Å². The Labute approximate surface area is 181 Å². The molecule has 31 heavy (non-hydrogen) atoms. The standard InChI is InChI=1S/C26H25N3O2/c1-16-9-10-17(2)23(15-16)18(3)27-25(30)20-11-13-21(14-12-20)29-19(4)28-24-8-6-5-7-22(24)26(29)31/h5-15,18H,1-4H3,(H,27,30). The van der Waals surface area contributed by atoms with E-state index >= 15 is 0 Å². The monoisotopic (exact) mass is 411 g/mol. The fourth-order valence-corrected chi connectivity index (χ4v) is 3.89. The lowest BCUT2D eigenvalue weighted by atomic mass is 9.99. The van der Waals surface area contributed by atoms with Crippen molar-refractivity contribution in [2.75, 3.05) is 0 Å². The van der Waals surface area contributed by atoms with Crippen LogP contribution in [0.1, 0.15) is 45.8 Å². The van der Waals surface area contributed by atoms with Gasteiger partial charge >= 0.3 is 0 Å². The average Bonchev–Trinajstić information content (AvgIpc) is 2.75. The zero-order valence-corrected chi connectivity index (χ0v) is 18.1. The van der Waals surface area contributed by atoms with Crippen LogP contribution in [0.4, 0.5) is 0 Å². The van der Waals surface area contributed by atoms with Crippen LogP contribution in [-0.2, 0) is 0 Å². The summed E-state index contributed by atoms with van der Waals surface area (Å²) in [5, 5.41) is 3.63. The lowest BCUT2D eigenvalue weighted by Crippen LogP contribution is -2.27. The average molecular weight is 412 g/mol. The molecular formula is C26H25N3O2. The summed E-state index contributed by atoms with van der Waals surface area (Å²) in [6.07, 6.45) is 0. The third-order valence-corrected chi connectivity index (χ3v) is 5.58. The molecule has 0 fully saturated rings. The molecule has 5 nitrogen and oxygen atoms in total. The Bertz CT molecular complexity index is 1340. The minimum absolute atomic E-state index is 0.110. The molecule has 1 aromatic heterocycles. The van der Waals surface area contributed by atoms with Crippen molar-refractivity contribution in [3.05, 3.63) is 105 Å². The summed E-state index contributed by atoms with van der Waals surface area (Å²) >= 11 is 0. The van der Waals surface area contributed by atoms with E-state index in [-0.39, 0.29) is 17.5 Å². The molecule has 0 saturated carbocycles. The van der Waals surface area contributed by atoms with Gasteiger partial charge in [0.25, 0.3) is 11.5 Å². The molecular weight excluding hydrogens is 386 g/mol. The van der Waals surface area contributed by atoms with Crippen molar-refractivity contribution in [3.63, 3.8) is 0 Å². The van der Waals surface area contributed by atoms with Gasteiger partial charge in [-0.1, -0.05) is 35.9 Å². The van der Waals surface area contributed by atoms with E-state index in [1.165, 1.54) is 0 Å². The maximum atomic E-state index is 13.0. The number of nitrogens with zero attached hydrogens (tertiary/aromatic N) is 2. The van der Waals surface area contributed by atoms with Crippen molar-refractivity contribution >= 4 is 16.8 Å². The SMILES string of the molecule is Cc1ccc(C)c(C(C)NC(=O)c2ccc(-n3c(C)nc4ccccc4c3=O)cc2)c1. The Kier molecular flexibility index (Phi) is 5.42. The number of benzene rings is 3. The third kappa shape index (κ3) is 3.99. The highest BCUT2D eigenvalue weighted by atomic mass is 16.1. The number of hydrogen-bond acceptors (Lipinski definition) is 3. The van der Waals surface area contributed by atoms with Crippen molar-refractivity contribution in [3.8, 4) is 5.69 Å². The lowest BCUT2D eigenvalue weighted by Gasteiger charge is -2.18. The number of hydrogen-bond donors (Lipinski definition) is 1. The second kappa shape index (κ2) is 8.19. The second-order valence-corrected chi connectivity index (χ2v) is 7.92. The molecule has 5 heteroatoms. The first-order valence-corrected chi connectivity index (χ1v) is 10.3. The third-order valence-electron chi connectivity index (χ3n) is 5.58. The Balaban J connectivity index is 1.60. The molecule has 0 aliphatic heterocycles. The van der Waals surface area contributed by atoms with Gasteiger partial charge in [0.05, 0.1) is 22.6 Å². The molecule has 0 saturated heterocycles. The van der Waals surface area contributed by atoms with E-state index in [0.29, 0.717) is 28.0 Å². The minimum atomic E-state index is -0.152. The summed E-state index contributed by atoms with van der Waals surface area (Å²) in [5.74, 6) is 0.449. The maximum absolute atomic E-state index is 13.0. The summed E-state index contributed by atoms with van der Waals surface area (Å²) in [7, 11) is 0. The number of carbonyl (C=O) groups is 1. The smallest absolute Gasteiger partial charge is 0.265 e. The quantitative estimate of drug-likeness (QED) is 0.525. The number of amides is 1. The van der Waals surface area contributed by atoms with Crippen LogP contribution < -0.4 is 10.9 Å². The van der Waals surface area contributed by atoms with E-state index < -0.39 is 0 Å². The first-order chi connectivity index (χ1) is 14.8. The van der Waals surface area contributed by atoms with E-state index in [2.05, 4.69) is 28.5 Å². The largest absolute Gasteiger partial charge is 0.346 e. The summed E-state index contributed by atoms with van der Waals surface area (Å²) < 4.78 is 1.57. The van der Waals surface area contributed by atoms with Crippen LogP contribution >= 0.6 is 0 Å². The molecule has 0 bridgehead atoms. The molecule has 3 aromatic carbocycles. The molecule has 0 radical (unpaired) electrons. The second-order valence-electron chi connectivity index (χ2n) is 7.92. The van der Waals surface area contributed by atoms with Crippen molar-refractivity contribution in [2.45, 2.75) is 33.7 Å². The molecule has 4 rings (SSSR count).